The van der Waals surface area contributed by atoms with Gasteiger partial charge in [0, 0.05) is 25.1 Å². The SMILES string of the molecule is C=CCC(NC(=O)CC)C(=O)N1CCCc2ccc(CCCC(=O)O)nc21. The third-order valence-electron chi connectivity index (χ3n) is 4.54. The number of carbonyl (C=O) groups is 3. The third kappa shape index (κ3) is 5.64. The van der Waals surface area contributed by atoms with Gasteiger partial charge in [0.15, 0.2) is 0 Å². The van der Waals surface area contributed by atoms with Gasteiger partial charge in [-0.3, -0.25) is 19.3 Å². The number of carboxylic acid groups (broad SMARTS) is 1. The lowest BCUT2D eigenvalue weighted by Gasteiger charge is -2.31. The number of pyridine rings is 1. The van der Waals surface area contributed by atoms with Gasteiger partial charge in [0.25, 0.3) is 5.91 Å². The maximum Gasteiger partial charge on any atom is 0.303 e. The molecule has 7 heteroatoms. The van der Waals surface area contributed by atoms with E-state index in [0.717, 1.165) is 24.1 Å². The summed E-state index contributed by atoms with van der Waals surface area (Å²) in [6, 6.07) is 3.21. The van der Waals surface area contributed by atoms with Gasteiger partial charge in [-0.1, -0.05) is 19.1 Å². The highest BCUT2D eigenvalue weighted by Gasteiger charge is 2.30. The summed E-state index contributed by atoms with van der Waals surface area (Å²) in [5.41, 5.74) is 1.77. The van der Waals surface area contributed by atoms with Crippen LogP contribution in [0.25, 0.3) is 0 Å². The second-order valence-electron chi connectivity index (χ2n) is 6.62. The summed E-state index contributed by atoms with van der Waals surface area (Å²) in [4.78, 5) is 41.8. The number of nitrogens with zero attached hydrogens (tertiary/aromatic N) is 2. The minimum absolute atomic E-state index is 0.0892. The number of aromatic nitrogens is 1. The quantitative estimate of drug-likeness (QED) is 0.647. The topological polar surface area (TPSA) is 99.6 Å². The fourth-order valence-electron chi connectivity index (χ4n) is 3.13. The molecule has 27 heavy (non-hydrogen) atoms. The third-order valence-corrected chi connectivity index (χ3v) is 4.54. The van der Waals surface area contributed by atoms with Crippen LogP contribution in [0.3, 0.4) is 0 Å². The summed E-state index contributed by atoms with van der Waals surface area (Å²) in [5, 5.41) is 11.5. The van der Waals surface area contributed by atoms with Crippen LogP contribution < -0.4 is 10.2 Å². The number of amides is 2. The van der Waals surface area contributed by atoms with E-state index in [-0.39, 0.29) is 18.2 Å². The molecule has 1 aromatic rings. The number of rotatable bonds is 9. The average Bonchev–Trinajstić information content (AvgIpc) is 2.66. The van der Waals surface area contributed by atoms with Crippen LogP contribution in [0.2, 0.25) is 0 Å². The zero-order valence-electron chi connectivity index (χ0n) is 15.7. The monoisotopic (exact) mass is 373 g/mol. The predicted octanol–water partition coefficient (Wildman–Crippen LogP) is 2.24. The first-order chi connectivity index (χ1) is 13.0. The summed E-state index contributed by atoms with van der Waals surface area (Å²) in [6.45, 7) is 5.97. The smallest absolute Gasteiger partial charge is 0.303 e. The highest BCUT2D eigenvalue weighted by molar-refractivity contribution is 5.99. The Bertz CT molecular complexity index is 717. The average molecular weight is 373 g/mol. The maximum absolute atomic E-state index is 13.1. The van der Waals surface area contributed by atoms with Crippen LogP contribution in [-0.2, 0) is 27.2 Å². The normalized spacial score (nSPS) is 14.2. The highest BCUT2D eigenvalue weighted by Crippen LogP contribution is 2.26. The molecule has 0 aliphatic carbocycles. The van der Waals surface area contributed by atoms with E-state index in [0.29, 0.717) is 38.0 Å². The molecule has 0 spiro atoms. The van der Waals surface area contributed by atoms with E-state index < -0.39 is 12.0 Å². The van der Waals surface area contributed by atoms with Crippen molar-refractivity contribution in [3.8, 4) is 0 Å². The van der Waals surface area contributed by atoms with Gasteiger partial charge >= 0.3 is 5.97 Å². The van der Waals surface area contributed by atoms with Gasteiger partial charge in [-0.15, -0.1) is 6.58 Å². The van der Waals surface area contributed by atoms with Gasteiger partial charge in [-0.05, 0) is 43.7 Å². The molecule has 0 aromatic carbocycles. The van der Waals surface area contributed by atoms with Crippen molar-refractivity contribution in [1.29, 1.82) is 0 Å². The summed E-state index contributed by atoms with van der Waals surface area (Å²) in [6.07, 6.45) is 5.10. The van der Waals surface area contributed by atoms with Gasteiger partial charge in [0.1, 0.15) is 11.9 Å². The van der Waals surface area contributed by atoms with E-state index in [9.17, 15) is 14.4 Å². The number of hydrogen-bond donors (Lipinski definition) is 2. The molecule has 0 saturated heterocycles. The van der Waals surface area contributed by atoms with Gasteiger partial charge in [-0.2, -0.15) is 0 Å². The molecule has 2 rings (SSSR count). The molecule has 2 heterocycles. The zero-order valence-corrected chi connectivity index (χ0v) is 15.7. The molecule has 2 amide bonds. The van der Waals surface area contributed by atoms with Crippen molar-refractivity contribution in [3.63, 3.8) is 0 Å². The fourth-order valence-corrected chi connectivity index (χ4v) is 3.13. The van der Waals surface area contributed by atoms with E-state index in [1.54, 1.807) is 17.9 Å². The second-order valence-corrected chi connectivity index (χ2v) is 6.62. The lowest BCUT2D eigenvalue weighted by Crippen LogP contribution is -2.50. The molecule has 1 unspecified atom stereocenters. The van der Waals surface area contributed by atoms with Crippen LogP contribution in [0, 0.1) is 0 Å². The van der Waals surface area contributed by atoms with Gasteiger partial charge in [0.2, 0.25) is 5.91 Å². The number of fused-ring (bicyclic) bond motifs is 1. The lowest BCUT2D eigenvalue weighted by atomic mass is 10.0. The molecule has 146 valence electrons. The molecule has 0 fully saturated rings. The number of carboxylic acids is 1. The molecule has 1 atom stereocenters. The fraction of sp³-hybridized carbons (Fsp3) is 0.500. The second kappa shape index (κ2) is 9.85. The Kier molecular flexibility index (Phi) is 7.52. The summed E-state index contributed by atoms with van der Waals surface area (Å²) in [7, 11) is 0. The lowest BCUT2D eigenvalue weighted by molar-refractivity contribution is -0.137. The molecule has 0 saturated carbocycles. The Labute approximate surface area is 159 Å². The molecule has 0 bridgehead atoms. The maximum atomic E-state index is 13.1. The first kappa shape index (κ1) is 20.6. The van der Waals surface area contributed by atoms with Crippen LogP contribution in [0.5, 0.6) is 0 Å². The molecule has 1 aliphatic rings. The van der Waals surface area contributed by atoms with Crippen molar-refractivity contribution in [2.24, 2.45) is 0 Å². The highest BCUT2D eigenvalue weighted by atomic mass is 16.4. The number of carbonyl (C=O) groups excluding carboxylic acids is 2. The van der Waals surface area contributed by atoms with Gasteiger partial charge in [-0.25, -0.2) is 4.98 Å². The molecule has 1 aromatic heterocycles. The van der Waals surface area contributed by atoms with E-state index in [4.69, 9.17) is 5.11 Å². The van der Waals surface area contributed by atoms with Crippen molar-refractivity contribution in [2.75, 3.05) is 11.4 Å². The van der Waals surface area contributed by atoms with Crippen molar-refractivity contribution < 1.29 is 19.5 Å². The van der Waals surface area contributed by atoms with Crippen LogP contribution in [0.1, 0.15) is 50.3 Å². The van der Waals surface area contributed by atoms with Crippen molar-refractivity contribution in [1.82, 2.24) is 10.3 Å². The van der Waals surface area contributed by atoms with Crippen molar-refractivity contribution >= 4 is 23.6 Å². The Morgan fingerprint density at radius 1 is 1.41 bits per heavy atom. The molecule has 2 N–H and O–H groups in total. The number of aliphatic carboxylic acids is 1. The Hall–Kier alpha value is -2.70. The Balaban J connectivity index is 2.20. The first-order valence-corrected chi connectivity index (χ1v) is 9.38. The van der Waals surface area contributed by atoms with Crippen LogP contribution in [0.15, 0.2) is 24.8 Å². The summed E-state index contributed by atoms with van der Waals surface area (Å²) < 4.78 is 0. The van der Waals surface area contributed by atoms with E-state index in [1.165, 1.54) is 0 Å². The molecule has 7 nitrogen and oxygen atoms in total. The largest absolute Gasteiger partial charge is 0.481 e. The predicted molar refractivity (Wildman–Crippen MR) is 103 cm³/mol. The van der Waals surface area contributed by atoms with E-state index in [2.05, 4.69) is 16.9 Å². The molecule has 1 aliphatic heterocycles. The number of nitrogens with one attached hydrogen (secondary N) is 1. The molecule has 0 radical (unpaired) electrons. The van der Waals surface area contributed by atoms with Crippen molar-refractivity contribution in [3.05, 3.63) is 36.0 Å². The first-order valence-electron chi connectivity index (χ1n) is 9.38. The summed E-state index contributed by atoms with van der Waals surface area (Å²) >= 11 is 0. The minimum atomic E-state index is -0.830. The summed E-state index contributed by atoms with van der Waals surface area (Å²) in [5.74, 6) is -0.571. The van der Waals surface area contributed by atoms with E-state index >= 15 is 0 Å². The van der Waals surface area contributed by atoms with E-state index in [1.807, 2.05) is 12.1 Å². The zero-order chi connectivity index (χ0) is 19.8. The van der Waals surface area contributed by atoms with Crippen LogP contribution >= 0.6 is 0 Å². The standard InChI is InChI=1S/C20H27N3O4/c1-3-7-16(22-17(24)4-2)20(27)23-13-6-8-14-11-12-15(21-19(14)23)9-5-10-18(25)26/h3,11-12,16H,1,4-10,13H2,2H3,(H,22,24)(H,25,26). The minimum Gasteiger partial charge on any atom is -0.481 e. The Morgan fingerprint density at radius 2 is 2.19 bits per heavy atom. The van der Waals surface area contributed by atoms with Crippen LogP contribution in [0.4, 0.5) is 5.82 Å². The van der Waals surface area contributed by atoms with Gasteiger partial charge < -0.3 is 10.4 Å². The molecular weight excluding hydrogens is 346 g/mol. The van der Waals surface area contributed by atoms with Crippen molar-refractivity contribution in [2.45, 2.75) is 57.9 Å². The number of aryl methyl sites for hydroxylation is 2. The number of hydrogen-bond acceptors (Lipinski definition) is 4. The van der Waals surface area contributed by atoms with Gasteiger partial charge in [0.05, 0.1) is 0 Å². The van der Waals surface area contributed by atoms with Crippen LogP contribution in [-0.4, -0.2) is 40.5 Å². The number of anilines is 1. The molecular formula is C20H27N3O4. The Morgan fingerprint density at radius 3 is 2.85 bits per heavy atom.